The van der Waals surface area contributed by atoms with E-state index in [2.05, 4.69) is 27.6 Å². The third-order valence-corrected chi connectivity index (χ3v) is 4.31. The SMILES string of the molecule is COc1cc(/C=C2/N=C(C)OC2=O)cc(I)c1OCc1ccccc1. The van der Waals surface area contributed by atoms with Crippen molar-refractivity contribution in [3.05, 3.63) is 62.9 Å². The normalized spacial score (nSPS) is 15.1. The minimum atomic E-state index is -0.448. The number of benzene rings is 2. The van der Waals surface area contributed by atoms with E-state index in [4.69, 9.17) is 14.2 Å². The minimum absolute atomic E-state index is 0.272. The number of nitrogens with zero attached hydrogens (tertiary/aromatic N) is 1. The van der Waals surface area contributed by atoms with Gasteiger partial charge in [0, 0.05) is 6.92 Å². The predicted molar refractivity (Wildman–Crippen MR) is 104 cm³/mol. The van der Waals surface area contributed by atoms with Crippen LogP contribution in [0.1, 0.15) is 18.1 Å². The second-order valence-electron chi connectivity index (χ2n) is 5.36. The van der Waals surface area contributed by atoms with Crippen molar-refractivity contribution in [1.82, 2.24) is 0 Å². The van der Waals surface area contributed by atoms with Gasteiger partial charge in [-0.3, -0.25) is 0 Å². The van der Waals surface area contributed by atoms with Crippen molar-refractivity contribution in [3.8, 4) is 11.5 Å². The van der Waals surface area contributed by atoms with E-state index in [1.165, 1.54) is 0 Å². The average Bonchev–Trinajstić information content (AvgIpc) is 2.91. The Labute approximate surface area is 159 Å². The number of rotatable bonds is 5. The number of ether oxygens (including phenoxy) is 3. The largest absolute Gasteiger partial charge is 0.493 e. The number of methoxy groups -OCH3 is 1. The highest BCUT2D eigenvalue weighted by atomic mass is 127. The van der Waals surface area contributed by atoms with Crippen molar-refractivity contribution in [3.63, 3.8) is 0 Å². The van der Waals surface area contributed by atoms with Crippen molar-refractivity contribution < 1.29 is 19.0 Å². The lowest BCUT2D eigenvalue weighted by Crippen LogP contribution is -2.01. The molecular weight excluding hydrogens is 433 g/mol. The van der Waals surface area contributed by atoms with Crippen LogP contribution in [0, 0.1) is 3.57 Å². The van der Waals surface area contributed by atoms with Crippen LogP contribution in [0.25, 0.3) is 6.08 Å². The number of cyclic esters (lactones) is 1. The van der Waals surface area contributed by atoms with Gasteiger partial charge in [0.15, 0.2) is 23.1 Å². The topological polar surface area (TPSA) is 57.1 Å². The molecule has 3 rings (SSSR count). The van der Waals surface area contributed by atoms with E-state index in [1.54, 1.807) is 20.1 Å². The van der Waals surface area contributed by atoms with Gasteiger partial charge in [-0.1, -0.05) is 30.3 Å². The quantitative estimate of drug-likeness (QED) is 0.390. The maximum absolute atomic E-state index is 11.7. The zero-order valence-corrected chi connectivity index (χ0v) is 15.9. The van der Waals surface area contributed by atoms with Gasteiger partial charge >= 0.3 is 5.97 Å². The number of halogens is 1. The van der Waals surface area contributed by atoms with Gasteiger partial charge in [0.2, 0.25) is 0 Å². The van der Waals surface area contributed by atoms with Gasteiger partial charge < -0.3 is 14.2 Å². The molecule has 1 heterocycles. The lowest BCUT2D eigenvalue weighted by molar-refractivity contribution is -0.130. The molecule has 0 bridgehead atoms. The van der Waals surface area contributed by atoms with Crippen LogP contribution in [0.4, 0.5) is 0 Å². The fourth-order valence-corrected chi connectivity index (χ4v) is 3.15. The van der Waals surface area contributed by atoms with Gasteiger partial charge in [-0.05, 0) is 51.9 Å². The molecule has 6 heteroatoms. The Bertz CT molecular complexity index is 859. The van der Waals surface area contributed by atoms with Crippen molar-refractivity contribution in [2.75, 3.05) is 7.11 Å². The molecule has 0 saturated heterocycles. The molecule has 0 aromatic heterocycles. The Morgan fingerprint density at radius 3 is 2.64 bits per heavy atom. The lowest BCUT2D eigenvalue weighted by Gasteiger charge is -2.13. The molecule has 25 heavy (non-hydrogen) atoms. The van der Waals surface area contributed by atoms with Crippen LogP contribution in [-0.4, -0.2) is 19.0 Å². The number of hydrogen-bond acceptors (Lipinski definition) is 5. The van der Waals surface area contributed by atoms with E-state index in [-0.39, 0.29) is 5.70 Å². The number of hydrogen-bond donors (Lipinski definition) is 0. The van der Waals surface area contributed by atoms with Gasteiger partial charge in [0.25, 0.3) is 0 Å². The van der Waals surface area contributed by atoms with Gasteiger partial charge in [0.1, 0.15) is 6.61 Å². The molecular formula is C19H16INO4. The zero-order valence-electron chi connectivity index (χ0n) is 13.8. The average molecular weight is 449 g/mol. The first-order chi connectivity index (χ1) is 12.1. The van der Waals surface area contributed by atoms with E-state index in [0.717, 1.165) is 14.7 Å². The van der Waals surface area contributed by atoms with Crippen molar-refractivity contribution in [2.45, 2.75) is 13.5 Å². The van der Waals surface area contributed by atoms with Gasteiger partial charge in [-0.2, -0.15) is 0 Å². The Hall–Kier alpha value is -2.35. The number of aliphatic imine (C=N–C) groups is 1. The molecule has 0 N–H and O–H groups in total. The number of esters is 1. The first-order valence-electron chi connectivity index (χ1n) is 7.60. The van der Waals surface area contributed by atoms with Crippen LogP contribution in [0.5, 0.6) is 11.5 Å². The van der Waals surface area contributed by atoms with E-state index in [0.29, 0.717) is 24.0 Å². The Kier molecular flexibility index (Phi) is 5.37. The fourth-order valence-electron chi connectivity index (χ4n) is 2.37. The van der Waals surface area contributed by atoms with Crippen LogP contribution in [0.3, 0.4) is 0 Å². The molecule has 1 aliphatic heterocycles. The molecule has 0 aliphatic carbocycles. The lowest BCUT2D eigenvalue weighted by atomic mass is 10.1. The minimum Gasteiger partial charge on any atom is -0.493 e. The predicted octanol–water partition coefficient (Wildman–Crippen LogP) is 4.19. The third-order valence-electron chi connectivity index (χ3n) is 3.51. The van der Waals surface area contributed by atoms with Crippen LogP contribution >= 0.6 is 22.6 Å². The van der Waals surface area contributed by atoms with E-state index < -0.39 is 5.97 Å². The summed E-state index contributed by atoms with van der Waals surface area (Å²) >= 11 is 2.19. The van der Waals surface area contributed by atoms with E-state index >= 15 is 0 Å². The fraction of sp³-hybridized carbons (Fsp3) is 0.158. The van der Waals surface area contributed by atoms with Gasteiger partial charge in [-0.25, -0.2) is 9.79 Å². The summed E-state index contributed by atoms with van der Waals surface area (Å²) in [6.45, 7) is 2.09. The summed E-state index contributed by atoms with van der Waals surface area (Å²) in [6.07, 6.45) is 1.67. The molecule has 0 atom stereocenters. The molecule has 2 aromatic rings. The van der Waals surface area contributed by atoms with Crippen LogP contribution < -0.4 is 9.47 Å². The van der Waals surface area contributed by atoms with Crippen molar-refractivity contribution in [1.29, 1.82) is 0 Å². The van der Waals surface area contributed by atoms with Gasteiger partial charge in [-0.15, -0.1) is 0 Å². The summed E-state index contributed by atoms with van der Waals surface area (Å²) in [6, 6.07) is 13.6. The first kappa shape index (κ1) is 17.5. The summed E-state index contributed by atoms with van der Waals surface area (Å²) in [5.74, 6) is 1.17. The molecule has 0 saturated carbocycles. The van der Waals surface area contributed by atoms with Crippen LogP contribution in [0.15, 0.2) is 53.2 Å². The number of carbonyl (C=O) groups is 1. The van der Waals surface area contributed by atoms with Gasteiger partial charge in [0.05, 0.1) is 10.7 Å². The monoisotopic (exact) mass is 449 g/mol. The molecule has 0 unspecified atom stereocenters. The van der Waals surface area contributed by atoms with Crippen LogP contribution in [-0.2, 0) is 16.1 Å². The van der Waals surface area contributed by atoms with E-state index in [1.807, 2.05) is 42.5 Å². The number of carbonyl (C=O) groups excluding carboxylic acids is 1. The summed E-state index contributed by atoms with van der Waals surface area (Å²) in [7, 11) is 1.59. The maximum Gasteiger partial charge on any atom is 0.363 e. The summed E-state index contributed by atoms with van der Waals surface area (Å²) in [5.41, 5.74) is 2.14. The smallest absolute Gasteiger partial charge is 0.363 e. The standard InChI is InChI=1S/C19H16INO4/c1-12-21-16(19(22)25-12)9-14-8-15(20)18(17(10-14)23-2)24-11-13-6-4-3-5-7-13/h3-10H,11H2,1-2H3/b16-9+. The molecule has 5 nitrogen and oxygen atoms in total. The van der Waals surface area contributed by atoms with Crippen LogP contribution in [0.2, 0.25) is 0 Å². The highest BCUT2D eigenvalue weighted by Gasteiger charge is 2.20. The third kappa shape index (κ3) is 4.19. The van der Waals surface area contributed by atoms with Crippen molar-refractivity contribution in [2.24, 2.45) is 4.99 Å². The molecule has 0 radical (unpaired) electrons. The molecule has 0 amide bonds. The Morgan fingerprint density at radius 2 is 2.00 bits per heavy atom. The Morgan fingerprint density at radius 1 is 1.24 bits per heavy atom. The summed E-state index contributed by atoms with van der Waals surface area (Å²) in [4.78, 5) is 15.8. The highest BCUT2D eigenvalue weighted by Crippen LogP contribution is 2.35. The molecule has 0 fully saturated rings. The first-order valence-corrected chi connectivity index (χ1v) is 8.68. The van der Waals surface area contributed by atoms with E-state index in [9.17, 15) is 4.79 Å². The van der Waals surface area contributed by atoms with Crippen molar-refractivity contribution >= 4 is 40.5 Å². The zero-order chi connectivity index (χ0) is 17.8. The molecule has 0 spiro atoms. The summed E-state index contributed by atoms with van der Waals surface area (Å²) < 4.78 is 17.2. The second kappa shape index (κ2) is 7.69. The molecule has 128 valence electrons. The molecule has 1 aliphatic rings. The summed E-state index contributed by atoms with van der Waals surface area (Å²) in [5, 5.41) is 0. The molecule has 2 aromatic carbocycles. The second-order valence-corrected chi connectivity index (χ2v) is 6.52. The Balaban J connectivity index is 1.86. The maximum atomic E-state index is 11.7. The highest BCUT2D eigenvalue weighted by molar-refractivity contribution is 14.1.